The summed E-state index contributed by atoms with van der Waals surface area (Å²) in [6.45, 7) is 1.80. The first kappa shape index (κ1) is 12.7. The van der Waals surface area contributed by atoms with Crippen LogP contribution in [0.15, 0.2) is 60.7 Å². The molecule has 0 spiro atoms. The Bertz CT molecular complexity index is 477. The lowest BCUT2D eigenvalue weighted by molar-refractivity contribution is -0.0354. The van der Waals surface area contributed by atoms with E-state index in [-0.39, 0.29) is 5.56 Å². The molecule has 0 saturated heterocycles. The molecule has 2 heteroatoms. The van der Waals surface area contributed by atoms with Crippen molar-refractivity contribution in [3.8, 4) is 0 Å². The molecule has 0 heterocycles. The van der Waals surface area contributed by atoms with Gasteiger partial charge in [0, 0.05) is 5.56 Å². The molecule has 0 bridgehead atoms. The van der Waals surface area contributed by atoms with Gasteiger partial charge >= 0.3 is 0 Å². The van der Waals surface area contributed by atoms with Gasteiger partial charge in [0.1, 0.15) is 0 Å². The van der Waals surface area contributed by atoms with E-state index in [1.165, 1.54) is 12.1 Å². The molecular formula is C16H16F2. The summed E-state index contributed by atoms with van der Waals surface area (Å²) in [5, 5.41) is 0. The Kier molecular flexibility index (Phi) is 3.75. The SMILES string of the molecule is CCC(c1ccccc1)C(F)(F)c1ccccc1. The molecule has 0 fully saturated rings. The Morgan fingerprint density at radius 3 is 1.89 bits per heavy atom. The van der Waals surface area contributed by atoms with Crippen LogP contribution in [0.3, 0.4) is 0 Å². The second kappa shape index (κ2) is 5.30. The van der Waals surface area contributed by atoms with Crippen molar-refractivity contribution in [2.75, 3.05) is 0 Å². The molecule has 0 aliphatic carbocycles. The summed E-state index contributed by atoms with van der Waals surface area (Å²) < 4.78 is 29.0. The third-order valence-corrected chi connectivity index (χ3v) is 3.21. The van der Waals surface area contributed by atoms with Gasteiger partial charge in [0.05, 0.1) is 5.92 Å². The molecule has 0 radical (unpaired) electrons. The highest BCUT2D eigenvalue weighted by molar-refractivity contribution is 5.29. The Morgan fingerprint density at radius 2 is 1.39 bits per heavy atom. The van der Waals surface area contributed by atoms with Crippen LogP contribution in [-0.2, 0) is 5.92 Å². The van der Waals surface area contributed by atoms with E-state index in [4.69, 9.17) is 0 Å². The van der Waals surface area contributed by atoms with Crippen molar-refractivity contribution in [3.63, 3.8) is 0 Å². The topological polar surface area (TPSA) is 0 Å². The van der Waals surface area contributed by atoms with Crippen molar-refractivity contribution >= 4 is 0 Å². The molecule has 18 heavy (non-hydrogen) atoms. The molecule has 0 amide bonds. The van der Waals surface area contributed by atoms with Crippen LogP contribution >= 0.6 is 0 Å². The first-order valence-corrected chi connectivity index (χ1v) is 6.14. The van der Waals surface area contributed by atoms with Crippen LogP contribution < -0.4 is 0 Å². The van der Waals surface area contributed by atoms with E-state index in [9.17, 15) is 8.78 Å². The van der Waals surface area contributed by atoms with Gasteiger partial charge in [-0.25, -0.2) is 8.78 Å². The van der Waals surface area contributed by atoms with Crippen molar-refractivity contribution < 1.29 is 8.78 Å². The lowest BCUT2D eigenvalue weighted by atomic mass is 9.86. The molecule has 2 aromatic rings. The van der Waals surface area contributed by atoms with Gasteiger partial charge in [-0.2, -0.15) is 0 Å². The van der Waals surface area contributed by atoms with Crippen molar-refractivity contribution in [1.82, 2.24) is 0 Å². The predicted molar refractivity (Wildman–Crippen MR) is 69.8 cm³/mol. The monoisotopic (exact) mass is 246 g/mol. The van der Waals surface area contributed by atoms with Gasteiger partial charge in [0.15, 0.2) is 0 Å². The quantitative estimate of drug-likeness (QED) is 0.714. The van der Waals surface area contributed by atoms with Crippen LogP contribution in [0, 0.1) is 0 Å². The predicted octanol–water partition coefficient (Wildman–Crippen LogP) is 4.97. The molecule has 0 aliphatic rings. The lowest BCUT2D eigenvalue weighted by Crippen LogP contribution is -2.23. The second-order valence-corrected chi connectivity index (χ2v) is 4.36. The fourth-order valence-electron chi connectivity index (χ4n) is 2.25. The van der Waals surface area contributed by atoms with Crippen LogP contribution in [0.5, 0.6) is 0 Å². The summed E-state index contributed by atoms with van der Waals surface area (Å²) in [5.41, 5.74) is 0.773. The normalized spacial score (nSPS) is 13.3. The fraction of sp³-hybridized carbons (Fsp3) is 0.250. The molecule has 2 aromatic carbocycles. The Balaban J connectivity index is 2.38. The average molecular weight is 246 g/mol. The van der Waals surface area contributed by atoms with Crippen molar-refractivity contribution in [1.29, 1.82) is 0 Å². The first-order valence-electron chi connectivity index (χ1n) is 6.14. The third kappa shape index (κ3) is 2.42. The van der Waals surface area contributed by atoms with Gasteiger partial charge in [-0.3, -0.25) is 0 Å². The van der Waals surface area contributed by atoms with Crippen molar-refractivity contribution in [2.45, 2.75) is 25.2 Å². The van der Waals surface area contributed by atoms with Gasteiger partial charge in [-0.1, -0.05) is 67.6 Å². The smallest absolute Gasteiger partial charge is 0.201 e. The van der Waals surface area contributed by atoms with Crippen molar-refractivity contribution in [2.24, 2.45) is 0 Å². The molecule has 2 rings (SSSR count). The molecule has 1 unspecified atom stereocenters. The summed E-state index contributed by atoms with van der Waals surface area (Å²) in [6, 6.07) is 17.0. The summed E-state index contributed by atoms with van der Waals surface area (Å²) in [5.74, 6) is -3.61. The fourth-order valence-corrected chi connectivity index (χ4v) is 2.25. The Labute approximate surface area is 106 Å². The Hall–Kier alpha value is -1.70. The summed E-state index contributed by atoms with van der Waals surface area (Å²) >= 11 is 0. The van der Waals surface area contributed by atoms with Crippen LogP contribution in [0.2, 0.25) is 0 Å². The van der Waals surface area contributed by atoms with Crippen LogP contribution in [0.4, 0.5) is 8.78 Å². The molecule has 0 N–H and O–H groups in total. The summed E-state index contributed by atoms with van der Waals surface area (Å²) in [6.07, 6.45) is 0.409. The minimum absolute atomic E-state index is 0.0840. The van der Waals surface area contributed by atoms with E-state index in [2.05, 4.69) is 0 Å². The zero-order valence-corrected chi connectivity index (χ0v) is 10.3. The van der Waals surface area contributed by atoms with Gasteiger partial charge < -0.3 is 0 Å². The van der Waals surface area contributed by atoms with E-state index in [0.717, 1.165) is 0 Å². The molecule has 0 nitrogen and oxygen atoms in total. The molecule has 0 aliphatic heterocycles. The van der Waals surface area contributed by atoms with E-state index in [1.807, 2.05) is 6.07 Å². The summed E-state index contributed by atoms with van der Waals surface area (Å²) in [7, 11) is 0. The molecular weight excluding hydrogens is 230 g/mol. The standard InChI is InChI=1S/C16H16F2/c1-2-15(13-9-5-3-6-10-13)16(17,18)14-11-7-4-8-12-14/h3-12,15H,2H2,1H3. The number of hydrogen-bond acceptors (Lipinski definition) is 0. The molecule has 0 aromatic heterocycles. The highest BCUT2D eigenvalue weighted by Gasteiger charge is 2.40. The van der Waals surface area contributed by atoms with E-state index in [1.54, 1.807) is 49.4 Å². The highest BCUT2D eigenvalue weighted by Crippen LogP contribution is 2.43. The van der Waals surface area contributed by atoms with Crippen molar-refractivity contribution in [3.05, 3.63) is 71.8 Å². The van der Waals surface area contributed by atoms with Gasteiger partial charge in [-0.15, -0.1) is 0 Å². The number of hydrogen-bond donors (Lipinski definition) is 0. The Morgan fingerprint density at radius 1 is 0.889 bits per heavy atom. The van der Waals surface area contributed by atoms with Gasteiger partial charge in [0.2, 0.25) is 0 Å². The minimum atomic E-state index is -2.84. The van der Waals surface area contributed by atoms with Gasteiger partial charge in [0.25, 0.3) is 5.92 Å². The number of benzene rings is 2. The third-order valence-electron chi connectivity index (χ3n) is 3.21. The van der Waals surface area contributed by atoms with Crippen LogP contribution in [0.25, 0.3) is 0 Å². The maximum atomic E-state index is 14.5. The molecule has 0 saturated carbocycles. The number of halogens is 2. The van der Waals surface area contributed by atoms with E-state index < -0.39 is 11.8 Å². The second-order valence-electron chi connectivity index (χ2n) is 4.36. The number of alkyl halides is 2. The maximum absolute atomic E-state index is 14.5. The highest BCUT2D eigenvalue weighted by atomic mass is 19.3. The zero-order chi connectivity index (χ0) is 13.0. The van der Waals surface area contributed by atoms with E-state index in [0.29, 0.717) is 12.0 Å². The average Bonchev–Trinajstić information content (AvgIpc) is 2.41. The van der Waals surface area contributed by atoms with E-state index >= 15 is 0 Å². The summed E-state index contributed by atoms with van der Waals surface area (Å²) in [4.78, 5) is 0. The molecule has 1 atom stereocenters. The largest absolute Gasteiger partial charge is 0.279 e. The minimum Gasteiger partial charge on any atom is -0.201 e. The van der Waals surface area contributed by atoms with Crippen LogP contribution in [0.1, 0.15) is 30.4 Å². The molecule has 94 valence electrons. The maximum Gasteiger partial charge on any atom is 0.279 e. The van der Waals surface area contributed by atoms with Crippen LogP contribution in [-0.4, -0.2) is 0 Å². The van der Waals surface area contributed by atoms with Gasteiger partial charge in [-0.05, 0) is 12.0 Å². The lowest BCUT2D eigenvalue weighted by Gasteiger charge is -2.26. The number of rotatable bonds is 4. The first-order chi connectivity index (χ1) is 8.66. The zero-order valence-electron chi connectivity index (χ0n) is 10.3.